The van der Waals surface area contributed by atoms with E-state index in [4.69, 9.17) is 0 Å². The summed E-state index contributed by atoms with van der Waals surface area (Å²) < 4.78 is 1.57. The smallest absolute Gasteiger partial charge is 0.261 e. The van der Waals surface area contributed by atoms with Crippen molar-refractivity contribution in [2.24, 2.45) is 0 Å². The first kappa shape index (κ1) is 19.7. The highest BCUT2D eigenvalue weighted by molar-refractivity contribution is 7.15. The van der Waals surface area contributed by atoms with Gasteiger partial charge in [-0.1, -0.05) is 29.5 Å². The molecule has 4 aromatic rings. The zero-order valence-electron chi connectivity index (χ0n) is 16.7. The van der Waals surface area contributed by atoms with E-state index in [9.17, 15) is 14.4 Å². The number of nitrogens with zero attached hydrogens (tertiary/aromatic N) is 6. The van der Waals surface area contributed by atoms with E-state index in [1.54, 1.807) is 54.2 Å². The summed E-state index contributed by atoms with van der Waals surface area (Å²) in [6, 6.07) is 12.1. The van der Waals surface area contributed by atoms with E-state index in [0.717, 1.165) is 16.2 Å². The number of amides is 3. The van der Waals surface area contributed by atoms with Gasteiger partial charge < -0.3 is 0 Å². The van der Waals surface area contributed by atoms with Crippen molar-refractivity contribution in [3.8, 4) is 5.82 Å². The minimum atomic E-state index is -0.395. The summed E-state index contributed by atoms with van der Waals surface area (Å²) in [6.07, 6.45) is 3.10. The standard InChI is InChI=1S/C21H15N7O3S/c1-12-15(10-23-28(12)16-8-4-5-9-22-16)18(29)24-21-26-25-17(32-21)11-27-19(30)13-6-2-3-7-14(13)20(27)31/h2-10H,11H2,1H3,(H,24,26,29). The van der Waals surface area contributed by atoms with Crippen molar-refractivity contribution in [1.82, 2.24) is 29.9 Å². The SMILES string of the molecule is Cc1c(C(=O)Nc2nnc(CN3C(=O)c4ccccc4C3=O)s2)cnn1-c1ccccn1. The molecular weight excluding hydrogens is 430 g/mol. The Morgan fingerprint density at radius 3 is 2.44 bits per heavy atom. The van der Waals surface area contributed by atoms with E-state index < -0.39 is 5.91 Å². The van der Waals surface area contributed by atoms with Crippen LogP contribution in [-0.2, 0) is 6.54 Å². The molecule has 4 heterocycles. The number of carbonyl (C=O) groups excluding carboxylic acids is 3. The molecule has 11 heteroatoms. The second-order valence-electron chi connectivity index (χ2n) is 6.94. The fraction of sp³-hybridized carbons (Fsp3) is 0.0952. The molecule has 0 atom stereocenters. The Morgan fingerprint density at radius 2 is 1.75 bits per heavy atom. The van der Waals surface area contributed by atoms with E-state index >= 15 is 0 Å². The fourth-order valence-corrected chi connectivity index (χ4v) is 4.12. The maximum absolute atomic E-state index is 12.7. The molecular formula is C21H15N7O3S. The predicted molar refractivity (Wildman–Crippen MR) is 115 cm³/mol. The Kier molecular flexibility index (Phi) is 4.79. The molecule has 0 aliphatic carbocycles. The summed E-state index contributed by atoms with van der Waals surface area (Å²) in [5.41, 5.74) is 1.73. The number of hydrogen-bond acceptors (Lipinski definition) is 8. The molecule has 1 N–H and O–H groups in total. The summed E-state index contributed by atoms with van der Waals surface area (Å²) >= 11 is 1.09. The third kappa shape index (κ3) is 3.34. The number of nitrogens with one attached hydrogen (secondary N) is 1. The molecule has 32 heavy (non-hydrogen) atoms. The van der Waals surface area contributed by atoms with Crippen LogP contribution in [0.1, 0.15) is 41.8 Å². The van der Waals surface area contributed by atoms with E-state index in [1.807, 2.05) is 6.07 Å². The van der Waals surface area contributed by atoms with Crippen molar-refractivity contribution in [3.05, 3.63) is 82.3 Å². The van der Waals surface area contributed by atoms with Gasteiger partial charge in [0.05, 0.1) is 35.1 Å². The number of imide groups is 1. The van der Waals surface area contributed by atoms with Crippen LogP contribution in [0.3, 0.4) is 0 Å². The number of aromatic nitrogens is 5. The summed E-state index contributed by atoms with van der Waals surface area (Å²) in [5, 5.41) is 15.6. The predicted octanol–water partition coefficient (Wildman–Crippen LogP) is 2.48. The quantitative estimate of drug-likeness (QED) is 0.468. The molecule has 0 saturated heterocycles. The second kappa shape index (κ2) is 7.78. The van der Waals surface area contributed by atoms with Crippen LogP contribution < -0.4 is 5.32 Å². The van der Waals surface area contributed by atoms with Crippen molar-refractivity contribution in [2.75, 3.05) is 5.32 Å². The van der Waals surface area contributed by atoms with Crippen LogP contribution >= 0.6 is 11.3 Å². The zero-order valence-corrected chi connectivity index (χ0v) is 17.5. The first-order chi connectivity index (χ1) is 15.5. The summed E-state index contributed by atoms with van der Waals surface area (Å²) in [5.74, 6) is -0.538. The normalized spacial score (nSPS) is 12.8. The number of rotatable bonds is 5. The van der Waals surface area contributed by atoms with Gasteiger partial charge in [0.1, 0.15) is 5.01 Å². The Labute approximate surface area is 185 Å². The number of carbonyl (C=O) groups is 3. The van der Waals surface area contributed by atoms with Crippen molar-refractivity contribution in [1.29, 1.82) is 0 Å². The van der Waals surface area contributed by atoms with Crippen molar-refractivity contribution < 1.29 is 14.4 Å². The maximum atomic E-state index is 12.7. The van der Waals surface area contributed by atoms with Gasteiger partial charge in [0.15, 0.2) is 5.82 Å². The number of anilines is 1. The fourth-order valence-electron chi connectivity index (χ4n) is 3.39. The van der Waals surface area contributed by atoms with Crippen LogP contribution in [0.15, 0.2) is 54.9 Å². The van der Waals surface area contributed by atoms with Gasteiger partial charge in [-0.05, 0) is 31.2 Å². The minimum Gasteiger partial charge on any atom is -0.296 e. The van der Waals surface area contributed by atoms with E-state index in [1.165, 1.54) is 6.20 Å². The lowest BCUT2D eigenvalue weighted by molar-refractivity contribution is 0.0641. The van der Waals surface area contributed by atoms with Gasteiger partial charge in [0.25, 0.3) is 17.7 Å². The Balaban J connectivity index is 1.29. The van der Waals surface area contributed by atoms with Crippen molar-refractivity contribution >= 4 is 34.2 Å². The highest BCUT2D eigenvalue weighted by atomic mass is 32.1. The van der Waals surface area contributed by atoms with Crippen LogP contribution in [0.4, 0.5) is 5.13 Å². The van der Waals surface area contributed by atoms with E-state index in [-0.39, 0.29) is 23.5 Å². The van der Waals surface area contributed by atoms with Crippen molar-refractivity contribution in [3.63, 3.8) is 0 Å². The van der Waals surface area contributed by atoms with E-state index in [2.05, 4.69) is 25.6 Å². The molecule has 1 aliphatic rings. The van der Waals surface area contributed by atoms with Gasteiger partial charge in [-0.2, -0.15) is 5.10 Å². The van der Waals surface area contributed by atoms with Gasteiger partial charge in [-0.25, -0.2) is 9.67 Å². The lowest BCUT2D eigenvalue weighted by atomic mass is 10.1. The molecule has 0 unspecified atom stereocenters. The molecule has 0 bridgehead atoms. The van der Waals surface area contributed by atoms with Crippen LogP contribution in [0.5, 0.6) is 0 Å². The Bertz CT molecular complexity index is 1330. The van der Waals surface area contributed by atoms with Gasteiger partial charge in [-0.15, -0.1) is 10.2 Å². The van der Waals surface area contributed by atoms with Gasteiger partial charge >= 0.3 is 0 Å². The molecule has 158 valence electrons. The van der Waals surface area contributed by atoms with E-state index in [0.29, 0.717) is 33.2 Å². The molecule has 5 rings (SSSR count). The highest BCUT2D eigenvalue weighted by Crippen LogP contribution is 2.26. The minimum absolute atomic E-state index is 0.0173. The number of pyridine rings is 1. The lowest BCUT2D eigenvalue weighted by Crippen LogP contribution is -2.29. The largest absolute Gasteiger partial charge is 0.296 e. The number of hydrogen-bond donors (Lipinski definition) is 1. The average molecular weight is 445 g/mol. The number of fused-ring (bicyclic) bond motifs is 1. The second-order valence-corrected chi connectivity index (χ2v) is 8.00. The molecule has 3 amide bonds. The molecule has 1 aromatic carbocycles. The van der Waals surface area contributed by atoms with Crippen LogP contribution in [0, 0.1) is 6.92 Å². The monoisotopic (exact) mass is 445 g/mol. The van der Waals surface area contributed by atoms with Crippen LogP contribution in [-0.4, -0.2) is 47.6 Å². The molecule has 3 aromatic heterocycles. The Morgan fingerprint density at radius 1 is 1.03 bits per heavy atom. The Hall–Kier alpha value is -4.25. The van der Waals surface area contributed by atoms with Crippen LogP contribution in [0.2, 0.25) is 0 Å². The highest BCUT2D eigenvalue weighted by Gasteiger charge is 2.35. The maximum Gasteiger partial charge on any atom is 0.261 e. The summed E-state index contributed by atoms with van der Waals surface area (Å²) in [6.45, 7) is 1.75. The van der Waals surface area contributed by atoms with Gasteiger partial charge in [-0.3, -0.25) is 24.6 Å². The molecule has 0 fully saturated rings. The molecule has 0 spiro atoms. The molecule has 0 radical (unpaired) electrons. The first-order valence-corrected chi connectivity index (χ1v) is 10.4. The summed E-state index contributed by atoms with van der Waals surface area (Å²) in [4.78, 5) is 43.1. The third-order valence-electron chi connectivity index (χ3n) is 4.98. The molecule has 1 aliphatic heterocycles. The summed E-state index contributed by atoms with van der Waals surface area (Å²) in [7, 11) is 0. The zero-order chi connectivity index (χ0) is 22.2. The third-order valence-corrected chi connectivity index (χ3v) is 5.80. The molecule has 10 nitrogen and oxygen atoms in total. The topological polar surface area (TPSA) is 123 Å². The first-order valence-electron chi connectivity index (χ1n) is 9.58. The van der Waals surface area contributed by atoms with Gasteiger partial charge in [0.2, 0.25) is 5.13 Å². The molecule has 0 saturated carbocycles. The lowest BCUT2D eigenvalue weighted by Gasteiger charge is -2.10. The average Bonchev–Trinajstić information content (AvgIpc) is 3.48. The number of benzene rings is 1. The van der Waals surface area contributed by atoms with Crippen LogP contribution in [0.25, 0.3) is 5.82 Å². The van der Waals surface area contributed by atoms with Gasteiger partial charge in [0, 0.05) is 6.20 Å². The van der Waals surface area contributed by atoms with Crippen molar-refractivity contribution in [2.45, 2.75) is 13.5 Å².